The van der Waals surface area contributed by atoms with Gasteiger partial charge in [0, 0.05) is 16.9 Å². The number of hydrogen-bond donors (Lipinski definition) is 1. The number of ether oxygens (including phenoxy) is 1. The summed E-state index contributed by atoms with van der Waals surface area (Å²) in [7, 11) is 0. The Hall–Kier alpha value is -2.11. The summed E-state index contributed by atoms with van der Waals surface area (Å²) >= 11 is 11.5. The first kappa shape index (κ1) is 16.3. The summed E-state index contributed by atoms with van der Waals surface area (Å²) in [5.74, 6) is -1.11. The lowest BCUT2D eigenvalue weighted by Crippen LogP contribution is -2.21. The predicted molar refractivity (Wildman–Crippen MR) is 84.3 cm³/mol. The van der Waals surface area contributed by atoms with Crippen LogP contribution >= 0.6 is 23.2 Å². The Balaban J connectivity index is 1.91. The van der Waals surface area contributed by atoms with Gasteiger partial charge in [0.15, 0.2) is 6.61 Å². The summed E-state index contributed by atoms with van der Waals surface area (Å²) in [4.78, 5) is 27.3. The van der Waals surface area contributed by atoms with Gasteiger partial charge in [0.1, 0.15) is 5.15 Å². The van der Waals surface area contributed by atoms with Gasteiger partial charge in [0.05, 0.1) is 5.56 Å². The zero-order valence-electron chi connectivity index (χ0n) is 11.6. The molecule has 114 valence electrons. The number of halogens is 2. The molecule has 2 rings (SSSR count). The Morgan fingerprint density at radius 2 is 2.00 bits per heavy atom. The van der Waals surface area contributed by atoms with Crippen LogP contribution in [0.4, 0.5) is 5.69 Å². The number of nitrogens with zero attached hydrogens (tertiary/aromatic N) is 1. The largest absolute Gasteiger partial charge is 0.452 e. The maximum atomic E-state index is 11.8. The normalized spacial score (nSPS) is 10.1. The smallest absolute Gasteiger partial charge is 0.340 e. The molecule has 0 saturated carbocycles. The Labute approximate surface area is 137 Å². The molecule has 0 aliphatic heterocycles. The summed E-state index contributed by atoms with van der Waals surface area (Å²) in [5.41, 5.74) is 1.64. The van der Waals surface area contributed by atoms with Crippen LogP contribution in [-0.2, 0) is 9.53 Å². The van der Waals surface area contributed by atoms with Crippen LogP contribution in [0.15, 0.2) is 36.5 Å². The Bertz CT molecular complexity index is 702. The van der Waals surface area contributed by atoms with E-state index in [-0.39, 0.29) is 10.7 Å². The molecule has 0 unspecified atom stereocenters. The maximum absolute atomic E-state index is 11.8. The van der Waals surface area contributed by atoms with Crippen molar-refractivity contribution in [3.63, 3.8) is 0 Å². The van der Waals surface area contributed by atoms with E-state index < -0.39 is 18.5 Å². The lowest BCUT2D eigenvalue weighted by Gasteiger charge is -2.09. The number of nitrogens with one attached hydrogen (secondary N) is 1. The molecule has 0 atom stereocenters. The molecule has 2 aromatic rings. The first-order chi connectivity index (χ1) is 10.5. The molecule has 0 fully saturated rings. The molecule has 0 aliphatic carbocycles. The number of anilines is 1. The van der Waals surface area contributed by atoms with Crippen LogP contribution in [0, 0.1) is 6.92 Å². The maximum Gasteiger partial charge on any atom is 0.340 e. The molecule has 7 heteroatoms. The molecule has 5 nitrogen and oxygen atoms in total. The van der Waals surface area contributed by atoms with Crippen LogP contribution in [0.3, 0.4) is 0 Å². The highest BCUT2D eigenvalue weighted by atomic mass is 35.5. The fourth-order valence-corrected chi connectivity index (χ4v) is 1.91. The lowest BCUT2D eigenvalue weighted by atomic mass is 10.2. The molecule has 0 saturated heterocycles. The number of benzene rings is 1. The Kier molecular flexibility index (Phi) is 5.35. The zero-order valence-corrected chi connectivity index (χ0v) is 13.1. The second-order valence-corrected chi connectivity index (χ2v) is 5.28. The number of amides is 1. The van der Waals surface area contributed by atoms with E-state index in [4.69, 9.17) is 27.9 Å². The molecule has 0 spiro atoms. The van der Waals surface area contributed by atoms with E-state index in [0.717, 1.165) is 5.56 Å². The third-order valence-electron chi connectivity index (χ3n) is 2.77. The fraction of sp³-hybridized carbons (Fsp3) is 0.133. The number of pyridine rings is 1. The van der Waals surface area contributed by atoms with Gasteiger partial charge in [-0.2, -0.15) is 0 Å². The Morgan fingerprint density at radius 1 is 1.23 bits per heavy atom. The zero-order chi connectivity index (χ0) is 16.1. The molecule has 1 heterocycles. The van der Waals surface area contributed by atoms with Crippen LogP contribution in [0.1, 0.15) is 15.9 Å². The quantitative estimate of drug-likeness (QED) is 0.684. The number of carbonyl (C=O) groups excluding carboxylic acids is 2. The van der Waals surface area contributed by atoms with Gasteiger partial charge in [-0.3, -0.25) is 4.79 Å². The van der Waals surface area contributed by atoms with Crippen molar-refractivity contribution in [3.8, 4) is 0 Å². The van der Waals surface area contributed by atoms with Crippen LogP contribution in [-0.4, -0.2) is 23.5 Å². The third-order valence-corrected chi connectivity index (χ3v) is 3.23. The van der Waals surface area contributed by atoms with E-state index in [0.29, 0.717) is 10.7 Å². The molecule has 1 aromatic carbocycles. The summed E-state index contributed by atoms with van der Waals surface area (Å²) in [6.45, 7) is 1.42. The van der Waals surface area contributed by atoms with Crippen molar-refractivity contribution < 1.29 is 14.3 Å². The van der Waals surface area contributed by atoms with E-state index in [9.17, 15) is 9.59 Å². The van der Waals surface area contributed by atoms with Gasteiger partial charge < -0.3 is 10.1 Å². The van der Waals surface area contributed by atoms with E-state index in [1.54, 1.807) is 18.2 Å². The van der Waals surface area contributed by atoms with Crippen molar-refractivity contribution in [1.82, 2.24) is 4.98 Å². The number of hydrogen-bond acceptors (Lipinski definition) is 4. The van der Waals surface area contributed by atoms with Crippen LogP contribution in [0.25, 0.3) is 0 Å². The van der Waals surface area contributed by atoms with Crippen molar-refractivity contribution in [2.75, 3.05) is 11.9 Å². The number of aromatic nitrogens is 1. The molecular weight excluding hydrogens is 327 g/mol. The van der Waals surface area contributed by atoms with Gasteiger partial charge in [-0.05, 0) is 36.8 Å². The van der Waals surface area contributed by atoms with Gasteiger partial charge in [-0.25, -0.2) is 9.78 Å². The Morgan fingerprint density at radius 3 is 2.68 bits per heavy atom. The highest BCUT2D eigenvalue weighted by Crippen LogP contribution is 2.20. The topological polar surface area (TPSA) is 68.3 Å². The molecule has 1 N–H and O–H groups in total. The molecular formula is C15H12Cl2N2O3. The summed E-state index contributed by atoms with van der Waals surface area (Å²) < 4.78 is 4.91. The minimum absolute atomic E-state index is 0.219. The van der Waals surface area contributed by atoms with Crippen LogP contribution < -0.4 is 5.32 Å². The second-order valence-electron chi connectivity index (χ2n) is 4.45. The van der Waals surface area contributed by atoms with Crippen molar-refractivity contribution in [2.45, 2.75) is 6.92 Å². The first-order valence-electron chi connectivity index (χ1n) is 6.30. The van der Waals surface area contributed by atoms with E-state index in [1.165, 1.54) is 18.3 Å². The summed E-state index contributed by atoms with van der Waals surface area (Å²) in [6, 6.07) is 8.06. The highest BCUT2D eigenvalue weighted by Gasteiger charge is 2.11. The fourth-order valence-electron chi connectivity index (χ4n) is 1.63. The van der Waals surface area contributed by atoms with Crippen LogP contribution in [0.2, 0.25) is 10.2 Å². The molecule has 1 aromatic heterocycles. The third kappa shape index (κ3) is 4.44. The number of esters is 1. The van der Waals surface area contributed by atoms with Crippen molar-refractivity contribution in [1.29, 1.82) is 0 Å². The first-order valence-corrected chi connectivity index (χ1v) is 7.06. The molecule has 0 radical (unpaired) electrons. The number of carbonyl (C=O) groups is 2. The second kappa shape index (κ2) is 7.24. The average Bonchev–Trinajstić information content (AvgIpc) is 2.49. The molecule has 0 aliphatic rings. The standard InChI is InChI=1S/C15H12Cl2N2O3/c1-9-2-4-11(16)6-12(9)19-14(20)8-22-15(21)10-3-5-13(17)18-7-10/h2-7H,8H2,1H3,(H,19,20). The minimum Gasteiger partial charge on any atom is -0.452 e. The molecule has 22 heavy (non-hydrogen) atoms. The van der Waals surface area contributed by atoms with Gasteiger partial charge >= 0.3 is 5.97 Å². The summed E-state index contributed by atoms with van der Waals surface area (Å²) in [6.07, 6.45) is 1.28. The predicted octanol–water partition coefficient (Wildman–Crippen LogP) is 3.49. The number of rotatable bonds is 4. The van der Waals surface area contributed by atoms with Crippen molar-refractivity contribution >= 4 is 40.8 Å². The van der Waals surface area contributed by atoms with E-state index >= 15 is 0 Å². The van der Waals surface area contributed by atoms with Gasteiger partial charge in [-0.15, -0.1) is 0 Å². The minimum atomic E-state index is -0.651. The lowest BCUT2D eigenvalue weighted by molar-refractivity contribution is -0.119. The SMILES string of the molecule is Cc1ccc(Cl)cc1NC(=O)COC(=O)c1ccc(Cl)nc1. The van der Waals surface area contributed by atoms with Crippen LogP contribution in [0.5, 0.6) is 0 Å². The molecule has 0 bridgehead atoms. The monoisotopic (exact) mass is 338 g/mol. The average molecular weight is 339 g/mol. The van der Waals surface area contributed by atoms with E-state index in [1.807, 2.05) is 6.92 Å². The van der Waals surface area contributed by atoms with Crippen molar-refractivity contribution in [2.24, 2.45) is 0 Å². The van der Waals surface area contributed by atoms with Crippen molar-refractivity contribution in [3.05, 3.63) is 57.8 Å². The van der Waals surface area contributed by atoms with Gasteiger partial charge in [-0.1, -0.05) is 29.3 Å². The number of aryl methyl sites for hydroxylation is 1. The molecule has 1 amide bonds. The van der Waals surface area contributed by atoms with E-state index in [2.05, 4.69) is 10.3 Å². The highest BCUT2D eigenvalue weighted by molar-refractivity contribution is 6.31. The van der Waals surface area contributed by atoms with Gasteiger partial charge in [0.25, 0.3) is 5.91 Å². The summed E-state index contributed by atoms with van der Waals surface area (Å²) in [5, 5.41) is 3.40. The van der Waals surface area contributed by atoms with Gasteiger partial charge in [0.2, 0.25) is 0 Å².